The number of anilines is 1. The van der Waals surface area contributed by atoms with Crippen LogP contribution in [-0.2, 0) is 9.53 Å². The molecule has 2 saturated heterocycles. The van der Waals surface area contributed by atoms with Gasteiger partial charge >= 0.3 is 6.03 Å². The number of nitrogens with zero attached hydrogens (tertiary/aromatic N) is 3. The molecule has 0 aliphatic carbocycles. The number of morpholine rings is 1. The molecule has 2 aromatic heterocycles. The van der Waals surface area contributed by atoms with E-state index in [0.717, 1.165) is 12.8 Å². The summed E-state index contributed by atoms with van der Waals surface area (Å²) in [6.07, 6.45) is 1.47. The zero-order chi connectivity index (χ0) is 21.3. The third-order valence-electron chi connectivity index (χ3n) is 5.53. The summed E-state index contributed by atoms with van der Waals surface area (Å²) < 4.78 is 10.8. The molecule has 10 nitrogen and oxygen atoms in total. The molecular formula is C20H25N5O5. The molecule has 2 aliphatic heterocycles. The van der Waals surface area contributed by atoms with E-state index in [-0.39, 0.29) is 29.0 Å². The second kappa shape index (κ2) is 8.31. The molecule has 0 bridgehead atoms. The number of likely N-dealkylation sites (tertiary alicyclic amines) is 1. The van der Waals surface area contributed by atoms with Crippen molar-refractivity contribution in [3.8, 4) is 0 Å². The quantitative estimate of drug-likeness (QED) is 0.778. The van der Waals surface area contributed by atoms with E-state index in [9.17, 15) is 14.4 Å². The van der Waals surface area contributed by atoms with Crippen molar-refractivity contribution in [2.24, 2.45) is 11.7 Å². The van der Waals surface area contributed by atoms with Crippen molar-refractivity contribution < 1.29 is 23.5 Å². The van der Waals surface area contributed by atoms with Gasteiger partial charge in [-0.25, -0.2) is 9.78 Å². The number of hydrogen-bond acceptors (Lipinski definition) is 6. The van der Waals surface area contributed by atoms with E-state index >= 15 is 0 Å². The summed E-state index contributed by atoms with van der Waals surface area (Å²) in [5.41, 5.74) is 6.58. The summed E-state index contributed by atoms with van der Waals surface area (Å²) in [5.74, 6) is -1.12. The minimum atomic E-state index is -0.792. The van der Waals surface area contributed by atoms with Gasteiger partial charge in [0.05, 0.1) is 24.5 Å². The molecule has 4 heterocycles. The van der Waals surface area contributed by atoms with E-state index in [2.05, 4.69) is 10.3 Å². The van der Waals surface area contributed by atoms with Crippen molar-refractivity contribution >= 4 is 34.6 Å². The number of amides is 4. The highest BCUT2D eigenvalue weighted by Crippen LogP contribution is 2.30. The van der Waals surface area contributed by atoms with E-state index < -0.39 is 11.9 Å². The highest BCUT2D eigenvalue weighted by atomic mass is 16.5. The first-order valence-electron chi connectivity index (χ1n) is 10.1. The van der Waals surface area contributed by atoms with E-state index in [0.29, 0.717) is 50.5 Å². The number of carbonyl (C=O) groups is 3. The van der Waals surface area contributed by atoms with Crippen LogP contribution in [0.2, 0.25) is 0 Å². The fourth-order valence-corrected chi connectivity index (χ4v) is 3.96. The van der Waals surface area contributed by atoms with Gasteiger partial charge in [0.25, 0.3) is 5.91 Å². The smallest absolute Gasteiger partial charge is 0.321 e. The van der Waals surface area contributed by atoms with Crippen LogP contribution in [0.4, 0.5) is 10.5 Å². The number of carbonyl (C=O) groups excluding carboxylic acids is 3. The molecule has 2 fully saturated rings. The SMILES string of the molecule is Cc1ccc2c(NC(=O)N3CCC[C@@H](C(=O)N4CCOCC4)C3)c(C(N)=O)oc2n1. The molecule has 1 atom stereocenters. The molecule has 10 heteroatoms. The lowest BCUT2D eigenvalue weighted by molar-refractivity contribution is -0.141. The maximum atomic E-state index is 13.0. The average Bonchev–Trinajstić information content (AvgIpc) is 3.11. The second-order valence-corrected chi connectivity index (χ2v) is 7.63. The van der Waals surface area contributed by atoms with Gasteiger partial charge in [0, 0.05) is 31.9 Å². The van der Waals surface area contributed by atoms with Gasteiger partial charge in [-0.1, -0.05) is 0 Å². The number of ether oxygens (including phenoxy) is 1. The number of primary amides is 1. The van der Waals surface area contributed by atoms with Gasteiger partial charge < -0.3 is 30.0 Å². The first kappa shape index (κ1) is 20.1. The Morgan fingerprint density at radius 3 is 2.67 bits per heavy atom. The van der Waals surface area contributed by atoms with Crippen LogP contribution < -0.4 is 11.1 Å². The standard InChI is InChI=1S/C20H25N5O5/c1-12-4-5-14-15(16(17(21)26)30-18(14)22-12)23-20(28)25-6-2-3-13(11-25)19(27)24-7-9-29-10-8-24/h4-5,13H,2-3,6-11H2,1H3,(H2,21,26)(H,23,28)/t13-/m1/s1. The summed E-state index contributed by atoms with van der Waals surface area (Å²) in [6, 6.07) is 3.08. The number of rotatable bonds is 3. The zero-order valence-corrected chi connectivity index (χ0v) is 16.8. The van der Waals surface area contributed by atoms with E-state index in [1.165, 1.54) is 0 Å². The van der Waals surface area contributed by atoms with Crippen molar-refractivity contribution in [3.63, 3.8) is 0 Å². The highest BCUT2D eigenvalue weighted by molar-refractivity contribution is 6.09. The van der Waals surface area contributed by atoms with Gasteiger partial charge in [-0.2, -0.15) is 0 Å². The van der Waals surface area contributed by atoms with E-state index in [1.54, 1.807) is 28.9 Å². The van der Waals surface area contributed by atoms with Crippen LogP contribution in [0.15, 0.2) is 16.5 Å². The van der Waals surface area contributed by atoms with Crippen molar-refractivity contribution in [1.82, 2.24) is 14.8 Å². The second-order valence-electron chi connectivity index (χ2n) is 7.63. The number of aromatic nitrogens is 1. The third-order valence-corrected chi connectivity index (χ3v) is 5.53. The molecule has 30 heavy (non-hydrogen) atoms. The molecule has 4 rings (SSSR count). The van der Waals surface area contributed by atoms with Gasteiger partial charge in [-0.05, 0) is 31.9 Å². The maximum Gasteiger partial charge on any atom is 0.321 e. The Labute approximate surface area is 173 Å². The van der Waals surface area contributed by atoms with Gasteiger partial charge in [0.2, 0.25) is 17.4 Å². The molecule has 0 saturated carbocycles. The van der Waals surface area contributed by atoms with Gasteiger partial charge in [-0.3, -0.25) is 9.59 Å². The summed E-state index contributed by atoms with van der Waals surface area (Å²) in [5, 5.41) is 3.25. The predicted molar refractivity (Wildman–Crippen MR) is 108 cm³/mol. The van der Waals surface area contributed by atoms with Crippen molar-refractivity contribution in [3.05, 3.63) is 23.6 Å². The molecular weight excluding hydrogens is 390 g/mol. The molecule has 2 aliphatic rings. The summed E-state index contributed by atoms with van der Waals surface area (Å²) in [6.45, 7) is 4.88. The van der Waals surface area contributed by atoms with Gasteiger partial charge in [-0.15, -0.1) is 0 Å². The number of piperidine rings is 1. The zero-order valence-electron chi connectivity index (χ0n) is 16.8. The van der Waals surface area contributed by atoms with Crippen LogP contribution in [0.1, 0.15) is 29.1 Å². The predicted octanol–water partition coefficient (Wildman–Crippen LogP) is 1.34. The molecule has 0 unspecified atom stereocenters. The molecule has 3 N–H and O–H groups in total. The van der Waals surface area contributed by atoms with Crippen LogP contribution in [0.5, 0.6) is 0 Å². The Hall–Kier alpha value is -3.14. The normalized spacial score (nSPS) is 19.7. The Balaban J connectivity index is 1.50. The Kier molecular flexibility index (Phi) is 5.58. The highest BCUT2D eigenvalue weighted by Gasteiger charge is 2.33. The monoisotopic (exact) mass is 415 g/mol. The number of urea groups is 1. The topological polar surface area (TPSA) is 131 Å². The van der Waals surface area contributed by atoms with Crippen LogP contribution in [0.3, 0.4) is 0 Å². The molecule has 160 valence electrons. The fraction of sp³-hybridized carbons (Fsp3) is 0.500. The number of nitrogens with two attached hydrogens (primary N) is 1. The molecule has 2 aromatic rings. The Morgan fingerprint density at radius 1 is 1.17 bits per heavy atom. The van der Waals surface area contributed by atoms with Crippen molar-refractivity contribution in [2.75, 3.05) is 44.7 Å². The van der Waals surface area contributed by atoms with Crippen molar-refractivity contribution in [1.29, 1.82) is 0 Å². The average molecular weight is 415 g/mol. The van der Waals surface area contributed by atoms with Crippen LogP contribution in [-0.4, -0.2) is 72.0 Å². The lowest BCUT2D eigenvalue weighted by atomic mass is 9.96. The number of fused-ring (bicyclic) bond motifs is 1. The Morgan fingerprint density at radius 2 is 1.93 bits per heavy atom. The number of hydrogen-bond donors (Lipinski definition) is 2. The third kappa shape index (κ3) is 3.95. The number of pyridine rings is 1. The minimum absolute atomic E-state index is 0.0575. The lowest BCUT2D eigenvalue weighted by Crippen LogP contribution is -2.50. The molecule has 0 radical (unpaired) electrons. The number of nitrogens with one attached hydrogen (secondary N) is 1. The summed E-state index contributed by atoms with van der Waals surface area (Å²) >= 11 is 0. The largest absolute Gasteiger partial charge is 0.430 e. The number of furan rings is 1. The minimum Gasteiger partial charge on any atom is -0.430 e. The molecule has 0 spiro atoms. The molecule has 0 aromatic carbocycles. The van der Waals surface area contributed by atoms with Crippen LogP contribution in [0, 0.1) is 12.8 Å². The maximum absolute atomic E-state index is 13.0. The van der Waals surface area contributed by atoms with E-state index in [4.69, 9.17) is 14.9 Å². The Bertz CT molecular complexity index is 981. The lowest BCUT2D eigenvalue weighted by Gasteiger charge is -2.36. The molecule has 4 amide bonds. The van der Waals surface area contributed by atoms with Gasteiger partial charge in [0.1, 0.15) is 5.69 Å². The van der Waals surface area contributed by atoms with Gasteiger partial charge in [0.15, 0.2) is 0 Å². The first-order chi connectivity index (χ1) is 14.4. The van der Waals surface area contributed by atoms with Crippen molar-refractivity contribution in [2.45, 2.75) is 19.8 Å². The summed E-state index contributed by atoms with van der Waals surface area (Å²) in [4.78, 5) is 45.2. The number of aryl methyl sites for hydroxylation is 1. The fourth-order valence-electron chi connectivity index (χ4n) is 3.96. The van der Waals surface area contributed by atoms with E-state index in [1.807, 2.05) is 0 Å². The first-order valence-corrected chi connectivity index (χ1v) is 10.1. The van der Waals surface area contributed by atoms with Crippen LogP contribution >= 0.6 is 0 Å². The summed E-state index contributed by atoms with van der Waals surface area (Å²) in [7, 11) is 0. The van der Waals surface area contributed by atoms with Crippen LogP contribution in [0.25, 0.3) is 11.1 Å².